The maximum atomic E-state index is 12.0. The zero-order valence-electron chi connectivity index (χ0n) is 13.4. The number of carbonyl (C=O) groups is 2. The van der Waals surface area contributed by atoms with E-state index in [2.05, 4.69) is 32.5 Å². The summed E-state index contributed by atoms with van der Waals surface area (Å²) in [6.07, 6.45) is 2.79. The van der Waals surface area contributed by atoms with Gasteiger partial charge in [-0.25, -0.2) is 4.98 Å². The van der Waals surface area contributed by atoms with E-state index < -0.39 is 0 Å². The molecule has 2 saturated heterocycles. The molecule has 3 rings (SSSR count). The molecule has 0 radical (unpaired) electrons. The summed E-state index contributed by atoms with van der Waals surface area (Å²) in [5.74, 6) is 0.791. The lowest BCUT2D eigenvalue weighted by molar-refractivity contribution is -0.125. The van der Waals surface area contributed by atoms with Gasteiger partial charge in [-0.05, 0) is 31.2 Å². The fraction of sp³-hybridized carbons (Fsp3) is 0.562. The van der Waals surface area contributed by atoms with E-state index in [0.717, 1.165) is 37.6 Å². The predicted molar refractivity (Wildman–Crippen MR) is 87.0 cm³/mol. The summed E-state index contributed by atoms with van der Waals surface area (Å²) in [6.45, 7) is 4.45. The summed E-state index contributed by atoms with van der Waals surface area (Å²) >= 11 is 0. The summed E-state index contributed by atoms with van der Waals surface area (Å²) in [6, 6.07) is 3.55. The van der Waals surface area contributed by atoms with Crippen molar-refractivity contribution in [2.45, 2.75) is 25.4 Å². The average Bonchev–Trinajstić information content (AvgIpc) is 3.00. The summed E-state index contributed by atoms with van der Waals surface area (Å²) in [5, 5.41) is 5.57. The van der Waals surface area contributed by atoms with E-state index in [-0.39, 0.29) is 17.9 Å². The Hall–Kier alpha value is -2.15. The summed E-state index contributed by atoms with van der Waals surface area (Å²) in [7, 11) is 2.12. The normalized spacial score (nSPS) is 22.0. The highest BCUT2D eigenvalue weighted by Gasteiger charge is 2.26. The van der Waals surface area contributed by atoms with Crippen molar-refractivity contribution >= 4 is 17.6 Å². The van der Waals surface area contributed by atoms with Crippen LogP contribution in [0.5, 0.6) is 0 Å². The Morgan fingerprint density at radius 2 is 2.17 bits per heavy atom. The topological polar surface area (TPSA) is 77.6 Å². The molecule has 7 heteroatoms. The second kappa shape index (κ2) is 6.95. The maximum absolute atomic E-state index is 12.0. The number of nitrogens with zero attached hydrogens (tertiary/aromatic N) is 3. The van der Waals surface area contributed by atoms with Gasteiger partial charge >= 0.3 is 0 Å². The molecule has 0 saturated carbocycles. The number of nitrogens with one attached hydrogen (secondary N) is 2. The van der Waals surface area contributed by atoms with Crippen molar-refractivity contribution in [1.29, 1.82) is 0 Å². The van der Waals surface area contributed by atoms with Gasteiger partial charge in [-0.15, -0.1) is 0 Å². The van der Waals surface area contributed by atoms with E-state index in [0.29, 0.717) is 19.4 Å². The van der Waals surface area contributed by atoms with Crippen LogP contribution in [0.25, 0.3) is 0 Å². The smallest absolute Gasteiger partial charge is 0.242 e. The number of anilines is 1. The second-order valence-corrected chi connectivity index (χ2v) is 6.19. The summed E-state index contributed by atoms with van der Waals surface area (Å²) in [5.41, 5.74) is 1.02. The van der Waals surface area contributed by atoms with Gasteiger partial charge in [0.05, 0.1) is 0 Å². The molecule has 1 unspecified atom stereocenters. The molecule has 2 N–H and O–H groups in total. The first-order valence-corrected chi connectivity index (χ1v) is 8.07. The van der Waals surface area contributed by atoms with Crippen molar-refractivity contribution in [3.05, 3.63) is 23.9 Å². The second-order valence-electron chi connectivity index (χ2n) is 6.19. The molecular weight excluding hydrogens is 294 g/mol. The van der Waals surface area contributed by atoms with Crippen molar-refractivity contribution in [3.8, 4) is 0 Å². The predicted octanol–water partition coefficient (Wildman–Crippen LogP) is -0.272. The van der Waals surface area contributed by atoms with Gasteiger partial charge in [0.1, 0.15) is 11.9 Å². The Kier molecular flexibility index (Phi) is 4.76. The standard InChI is InChI=1S/C16H23N5O2/c1-20-6-8-21(9-7-20)14-10-12(4-5-17-14)11-18-16(23)13-2-3-15(22)19-13/h4-5,10,13H,2-3,6-9,11H2,1H3,(H,18,23)(H,19,22). The lowest BCUT2D eigenvalue weighted by Crippen LogP contribution is -2.44. The molecule has 2 aliphatic heterocycles. The van der Waals surface area contributed by atoms with Crippen molar-refractivity contribution in [3.63, 3.8) is 0 Å². The van der Waals surface area contributed by atoms with Crippen LogP contribution < -0.4 is 15.5 Å². The highest BCUT2D eigenvalue weighted by atomic mass is 16.2. The van der Waals surface area contributed by atoms with E-state index in [4.69, 9.17) is 0 Å². The van der Waals surface area contributed by atoms with E-state index in [1.807, 2.05) is 12.1 Å². The average molecular weight is 317 g/mol. The highest BCUT2D eigenvalue weighted by molar-refractivity contribution is 5.90. The zero-order valence-corrected chi connectivity index (χ0v) is 13.4. The molecule has 1 atom stereocenters. The number of amides is 2. The first kappa shape index (κ1) is 15.7. The number of rotatable bonds is 4. The van der Waals surface area contributed by atoms with Crippen LogP contribution in [0.4, 0.5) is 5.82 Å². The minimum absolute atomic E-state index is 0.0496. The summed E-state index contributed by atoms with van der Waals surface area (Å²) < 4.78 is 0. The SMILES string of the molecule is CN1CCN(c2cc(CNC(=O)C3CCC(=O)N3)ccn2)CC1. The third kappa shape index (κ3) is 3.98. The fourth-order valence-electron chi connectivity index (χ4n) is 2.90. The van der Waals surface area contributed by atoms with Crippen LogP contribution in [-0.4, -0.2) is 61.0 Å². The molecular formula is C16H23N5O2. The van der Waals surface area contributed by atoms with Gasteiger partial charge in [0.15, 0.2) is 0 Å². The molecule has 1 aromatic rings. The van der Waals surface area contributed by atoms with Gasteiger partial charge in [-0.2, -0.15) is 0 Å². The maximum Gasteiger partial charge on any atom is 0.242 e. The first-order chi connectivity index (χ1) is 11.1. The zero-order chi connectivity index (χ0) is 16.2. The molecule has 0 spiro atoms. The molecule has 2 fully saturated rings. The molecule has 3 heterocycles. The van der Waals surface area contributed by atoms with Crippen LogP contribution in [0.2, 0.25) is 0 Å². The Morgan fingerprint density at radius 1 is 1.39 bits per heavy atom. The summed E-state index contributed by atoms with van der Waals surface area (Å²) in [4.78, 5) is 32.2. The van der Waals surface area contributed by atoms with Gasteiger partial charge in [-0.1, -0.05) is 0 Å². The minimum atomic E-state index is -0.388. The molecule has 7 nitrogen and oxygen atoms in total. The van der Waals surface area contributed by atoms with Crippen LogP contribution in [-0.2, 0) is 16.1 Å². The number of pyridine rings is 1. The van der Waals surface area contributed by atoms with Crippen LogP contribution in [0.15, 0.2) is 18.3 Å². The van der Waals surface area contributed by atoms with Crippen molar-refractivity contribution in [2.24, 2.45) is 0 Å². The van der Waals surface area contributed by atoms with E-state index in [1.165, 1.54) is 0 Å². The highest BCUT2D eigenvalue weighted by Crippen LogP contribution is 2.15. The van der Waals surface area contributed by atoms with Crippen LogP contribution in [0, 0.1) is 0 Å². The first-order valence-electron chi connectivity index (χ1n) is 8.07. The lowest BCUT2D eigenvalue weighted by atomic mass is 10.2. The minimum Gasteiger partial charge on any atom is -0.354 e. The number of aromatic nitrogens is 1. The Labute approximate surface area is 136 Å². The third-order valence-corrected chi connectivity index (χ3v) is 4.42. The molecule has 1 aromatic heterocycles. The van der Waals surface area contributed by atoms with Crippen LogP contribution >= 0.6 is 0 Å². The lowest BCUT2D eigenvalue weighted by Gasteiger charge is -2.33. The fourth-order valence-corrected chi connectivity index (χ4v) is 2.90. The molecule has 23 heavy (non-hydrogen) atoms. The molecule has 2 amide bonds. The Morgan fingerprint density at radius 3 is 2.87 bits per heavy atom. The van der Waals surface area contributed by atoms with E-state index >= 15 is 0 Å². The van der Waals surface area contributed by atoms with Gasteiger partial charge in [0, 0.05) is 45.3 Å². The van der Waals surface area contributed by atoms with Gasteiger partial charge in [0.2, 0.25) is 11.8 Å². The van der Waals surface area contributed by atoms with E-state index in [9.17, 15) is 9.59 Å². The van der Waals surface area contributed by atoms with Gasteiger partial charge in [-0.3, -0.25) is 9.59 Å². The van der Waals surface area contributed by atoms with Crippen molar-refractivity contribution in [2.75, 3.05) is 38.1 Å². The number of hydrogen-bond acceptors (Lipinski definition) is 5. The number of hydrogen-bond donors (Lipinski definition) is 2. The number of likely N-dealkylation sites (N-methyl/N-ethyl adjacent to an activating group) is 1. The Balaban J connectivity index is 1.55. The van der Waals surface area contributed by atoms with Gasteiger partial charge in [0.25, 0.3) is 0 Å². The molecule has 0 aliphatic carbocycles. The number of carbonyl (C=O) groups excluding carboxylic acids is 2. The Bertz CT molecular complexity index is 584. The largest absolute Gasteiger partial charge is 0.354 e. The molecule has 2 aliphatic rings. The van der Waals surface area contributed by atoms with Crippen LogP contribution in [0.3, 0.4) is 0 Å². The van der Waals surface area contributed by atoms with Crippen molar-refractivity contribution < 1.29 is 9.59 Å². The van der Waals surface area contributed by atoms with Crippen molar-refractivity contribution in [1.82, 2.24) is 20.5 Å². The number of piperazine rings is 1. The quantitative estimate of drug-likeness (QED) is 0.799. The third-order valence-electron chi connectivity index (χ3n) is 4.42. The van der Waals surface area contributed by atoms with Crippen LogP contribution in [0.1, 0.15) is 18.4 Å². The monoisotopic (exact) mass is 317 g/mol. The molecule has 0 aromatic carbocycles. The molecule has 124 valence electrons. The molecule has 0 bridgehead atoms. The van der Waals surface area contributed by atoms with Gasteiger partial charge < -0.3 is 20.4 Å². The van der Waals surface area contributed by atoms with E-state index in [1.54, 1.807) is 6.20 Å².